The fourth-order valence-corrected chi connectivity index (χ4v) is 4.65. The lowest BCUT2D eigenvalue weighted by Gasteiger charge is -2.18. The van der Waals surface area contributed by atoms with Crippen molar-refractivity contribution in [2.24, 2.45) is 7.05 Å². The van der Waals surface area contributed by atoms with E-state index in [1.54, 1.807) is 6.07 Å². The molecule has 0 aliphatic rings. The topological polar surface area (TPSA) is 119 Å². The van der Waals surface area contributed by atoms with Gasteiger partial charge in [-0.1, -0.05) is 20.4 Å². The number of aryl methyl sites for hydroxylation is 1. The van der Waals surface area contributed by atoms with Gasteiger partial charge in [-0.3, -0.25) is 14.3 Å². The SMILES string of the molecule is [C-]#[N+]c1cc(-c2cc(F)cc(C(C)C)c2CC(=O)NS(=O)(=O)c2cc(C(=O)N(C)C)n(C)n2)ccn1. The molecular weight excluding hydrogens is 487 g/mol. The normalized spacial score (nSPS) is 11.3. The van der Waals surface area contributed by atoms with E-state index >= 15 is 0 Å². The minimum Gasteiger partial charge on any atom is -0.361 e. The zero-order valence-corrected chi connectivity index (χ0v) is 21.2. The fourth-order valence-electron chi connectivity index (χ4n) is 3.68. The molecule has 0 aliphatic heterocycles. The van der Waals surface area contributed by atoms with Crippen molar-refractivity contribution < 1.29 is 22.4 Å². The van der Waals surface area contributed by atoms with Crippen LogP contribution in [0.1, 0.15) is 41.4 Å². The summed E-state index contributed by atoms with van der Waals surface area (Å²) in [6, 6.07) is 6.69. The maximum absolute atomic E-state index is 14.5. The molecule has 0 radical (unpaired) electrons. The number of carbonyl (C=O) groups is 2. The van der Waals surface area contributed by atoms with Crippen LogP contribution in [0.2, 0.25) is 0 Å². The zero-order chi connectivity index (χ0) is 26.8. The molecule has 3 rings (SSSR count). The summed E-state index contributed by atoms with van der Waals surface area (Å²) in [5.74, 6) is -1.93. The first-order chi connectivity index (χ1) is 16.8. The number of rotatable bonds is 7. The summed E-state index contributed by atoms with van der Waals surface area (Å²) in [5, 5.41) is 3.39. The van der Waals surface area contributed by atoms with Crippen LogP contribution in [0.4, 0.5) is 10.2 Å². The highest BCUT2D eigenvalue weighted by Gasteiger charge is 2.26. The molecule has 10 nitrogen and oxygen atoms in total. The van der Waals surface area contributed by atoms with Gasteiger partial charge in [-0.25, -0.2) is 9.11 Å². The van der Waals surface area contributed by atoms with Gasteiger partial charge in [-0.15, -0.1) is 4.98 Å². The van der Waals surface area contributed by atoms with E-state index in [1.807, 2.05) is 18.6 Å². The van der Waals surface area contributed by atoms with Crippen LogP contribution < -0.4 is 4.72 Å². The molecule has 1 N–H and O–H groups in total. The molecule has 12 heteroatoms. The second-order valence-corrected chi connectivity index (χ2v) is 10.2. The van der Waals surface area contributed by atoms with Crippen LogP contribution in [0.15, 0.2) is 41.6 Å². The Morgan fingerprint density at radius 1 is 1.22 bits per heavy atom. The average Bonchev–Trinajstić information content (AvgIpc) is 3.21. The highest BCUT2D eigenvalue weighted by molar-refractivity contribution is 7.90. The Bertz CT molecular complexity index is 1490. The van der Waals surface area contributed by atoms with Gasteiger partial charge < -0.3 is 9.74 Å². The summed E-state index contributed by atoms with van der Waals surface area (Å²) >= 11 is 0. The molecule has 2 heterocycles. The second-order valence-electron chi connectivity index (χ2n) is 8.59. The number of nitrogens with zero attached hydrogens (tertiary/aromatic N) is 5. The van der Waals surface area contributed by atoms with Gasteiger partial charge in [0.25, 0.3) is 21.7 Å². The van der Waals surface area contributed by atoms with Crippen molar-refractivity contribution in [3.05, 3.63) is 70.6 Å². The van der Waals surface area contributed by atoms with E-state index in [4.69, 9.17) is 6.57 Å². The summed E-state index contributed by atoms with van der Waals surface area (Å²) < 4.78 is 43.4. The maximum Gasteiger partial charge on any atom is 0.283 e. The third kappa shape index (κ3) is 5.58. The lowest BCUT2D eigenvalue weighted by atomic mass is 9.88. The summed E-state index contributed by atoms with van der Waals surface area (Å²) in [7, 11) is 0.0553. The third-order valence-electron chi connectivity index (χ3n) is 5.39. The molecule has 2 amide bonds. The number of nitrogens with one attached hydrogen (secondary N) is 1. The van der Waals surface area contributed by atoms with E-state index in [0.29, 0.717) is 22.3 Å². The number of pyridine rings is 1. The predicted octanol–water partition coefficient (Wildman–Crippen LogP) is 3.04. The minimum atomic E-state index is -4.40. The molecule has 1 aromatic carbocycles. The Balaban J connectivity index is 1.99. The summed E-state index contributed by atoms with van der Waals surface area (Å²) in [6.07, 6.45) is 1.03. The van der Waals surface area contributed by atoms with E-state index in [0.717, 1.165) is 10.7 Å². The van der Waals surface area contributed by atoms with Crippen LogP contribution in [0.25, 0.3) is 16.0 Å². The Hall–Kier alpha value is -4.11. The molecule has 0 atom stereocenters. The first-order valence-electron chi connectivity index (χ1n) is 10.8. The number of sulfonamides is 1. The first kappa shape index (κ1) is 26.5. The van der Waals surface area contributed by atoms with Crippen molar-refractivity contribution in [2.45, 2.75) is 31.2 Å². The van der Waals surface area contributed by atoms with Crippen LogP contribution in [-0.4, -0.2) is 54.0 Å². The van der Waals surface area contributed by atoms with Crippen LogP contribution in [-0.2, 0) is 28.3 Å². The fraction of sp³-hybridized carbons (Fsp3) is 0.292. The van der Waals surface area contributed by atoms with E-state index in [9.17, 15) is 22.4 Å². The molecule has 0 saturated carbocycles. The lowest BCUT2D eigenvalue weighted by Crippen LogP contribution is -2.32. The predicted molar refractivity (Wildman–Crippen MR) is 130 cm³/mol. The van der Waals surface area contributed by atoms with Gasteiger partial charge in [0.05, 0.1) is 6.42 Å². The number of carbonyl (C=O) groups excluding carboxylic acids is 2. The van der Waals surface area contributed by atoms with E-state index in [2.05, 4.69) is 14.9 Å². The van der Waals surface area contributed by atoms with Crippen molar-refractivity contribution in [2.75, 3.05) is 14.1 Å². The van der Waals surface area contributed by atoms with Gasteiger partial charge in [0.15, 0.2) is 5.03 Å². The third-order valence-corrected chi connectivity index (χ3v) is 6.63. The molecule has 0 spiro atoms. The van der Waals surface area contributed by atoms with Gasteiger partial charge in [-0.05, 0) is 52.4 Å². The minimum absolute atomic E-state index is 0.0315. The van der Waals surface area contributed by atoms with E-state index in [1.165, 1.54) is 50.4 Å². The van der Waals surface area contributed by atoms with Crippen molar-refractivity contribution in [1.82, 2.24) is 24.4 Å². The van der Waals surface area contributed by atoms with Crippen molar-refractivity contribution in [1.29, 1.82) is 0 Å². The molecule has 0 aliphatic carbocycles. The number of hydrogen-bond donors (Lipinski definition) is 1. The van der Waals surface area contributed by atoms with E-state index in [-0.39, 0.29) is 23.9 Å². The standard InChI is InChI=1S/C24H25FN6O4S/c1-14(2)17-10-16(25)11-18(15-7-8-27-21(9-15)26-3)19(17)12-22(32)29-36(34,35)23-13-20(31(6)28-23)24(33)30(4)5/h7-11,13-14H,12H2,1-2,4-6H3,(H,29,32). The van der Waals surface area contributed by atoms with Gasteiger partial charge in [0.2, 0.25) is 5.91 Å². The Kier molecular flexibility index (Phi) is 7.54. The summed E-state index contributed by atoms with van der Waals surface area (Å²) in [6.45, 7) is 10.8. The molecule has 188 valence electrons. The number of halogens is 1. The van der Waals surface area contributed by atoms with Crippen molar-refractivity contribution in [3.8, 4) is 11.1 Å². The Labute approximate surface area is 208 Å². The highest BCUT2D eigenvalue weighted by Crippen LogP contribution is 2.33. The van der Waals surface area contributed by atoms with E-state index < -0.39 is 32.7 Å². The smallest absolute Gasteiger partial charge is 0.283 e. The van der Waals surface area contributed by atoms with Crippen molar-refractivity contribution in [3.63, 3.8) is 0 Å². The molecule has 36 heavy (non-hydrogen) atoms. The number of benzene rings is 1. The number of amides is 2. The monoisotopic (exact) mass is 512 g/mol. The number of aromatic nitrogens is 3. The average molecular weight is 513 g/mol. The van der Waals surface area contributed by atoms with Crippen LogP contribution in [0, 0.1) is 12.4 Å². The van der Waals surface area contributed by atoms with Gasteiger partial charge in [0.1, 0.15) is 17.7 Å². The first-order valence-corrected chi connectivity index (χ1v) is 12.3. The van der Waals surface area contributed by atoms with Gasteiger partial charge >= 0.3 is 0 Å². The van der Waals surface area contributed by atoms with Gasteiger partial charge in [0, 0.05) is 27.2 Å². The molecule has 0 fully saturated rings. The molecule has 3 aromatic rings. The number of hydrogen-bond acceptors (Lipinski definition) is 6. The lowest BCUT2D eigenvalue weighted by molar-refractivity contribution is -0.118. The molecular formula is C24H25FN6O4S. The van der Waals surface area contributed by atoms with Crippen LogP contribution >= 0.6 is 0 Å². The van der Waals surface area contributed by atoms with Crippen LogP contribution in [0.5, 0.6) is 0 Å². The molecule has 0 saturated heterocycles. The Morgan fingerprint density at radius 3 is 2.53 bits per heavy atom. The highest BCUT2D eigenvalue weighted by atomic mass is 32.2. The quantitative estimate of drug-likeness (QED) is 0.486. The van der Waals surface area contributed by atoms with Crippen LogP contribution in [0.3, 0.4) is 0 Å². The molecule has 2 aromatic heterocycles. The zero-order valence-electron chi connectivity index (χ0n) is 20.4. The molecule has 0 bridgehead atoms. The summed E-state index contributed by atoms with van der Waals surface area (Å²) in [5.41, 5.74) is 1.81. The second kappa shape index (κ2) is 10.2. The Morgan fingerprint density at radius 2 is 1.92 bits per heavy atom. The molecule has 0 unspecified atom stereocenters. The van der Waals surface area contributed by atoms with Crippen molar-refractivity contribution >= 4 is 27.7 Å². The maximum atomic E-state index is 14.5. The van der Waals surface area contributed by atoms with Gasteiger partial charge in [-0.2, -0.15) is 13.5 Å². The summed E-state index contributed by atoms with van der Waals surface area (Å²) in [4.78, 5) is 33.7. The largest absolute Gasteiger partial charge is 0.361 e.